The second-order valence-electron chi connectivity index (χ2n) is 11.0. The number of anilines is 1. The third-order valence-electron chi connectivity index (χ3n) is 8.14. The Kier molecular flexibility index (Phi) is 10.6. The molecular weight excluding hydrogens is 514 g/mol. The number of carboxylic acid groups (broad SMARTS) is 1. The molecule has 3 atom stereocenters. The molecule has 1 saturated heterocycles. The fourth-order valence-electron chi connectivity index (χ4n) is 5.99. The number of para-hydroxylation sites is 1. The predicted molar refractivity (Wildman–Crippen MR) is 163 cm³/mol. The van der Waals surface area contributed by atoms with Crippen LogP contribution in [-0.4, -0.2) is 51.0 Å². The van der Waals surface area contributed by atoms with Crippen LogP contribution in [0.1, 0.15) is 63.5 Å². The van der Waals surface area contributed by atoms with E-state index in [0.29, 0.717) is 12.2 Å². The summed E-state index contributed by atoms with van der Waals surface area (Å²) in [7, 11) is 0. The number of unbranched alkanes of at least 4 members (excludes halogenated alkanes) is 2. The Hall–Kier alpha value is -3.68. The maximum Gasteiger partial charge on any atom is 0.412 e. The van der Waals surface area contributed by atoms with Crippen LogP contribution in [0.2, 0.25) is 0 Å². The molecule has 3 N–H and O–H groups in total. The van der Waals surface area contributed by atoms with Gasteiger partial charge in [0.05, 0.1) is 17.8 Å². The summed E-state index contributed by atoms with van der Waals surface area (Å²) in [6, 6.07) is 26.4. The van der Waals surface area contributed by atoms with Crippen molar-refractivity contribution in [2.45, 2.75) is 89.2 Å². The predicted octanol–water partition coefficient (Wildman–Crippen LogP) is 6.22. The van der Waals surface area contributed by atoms with Gasteiger partial charge in [-0.3, -0.25) is 15.0 Å². The van der Waals surface area contributed by atoms with E-state index in [2.05, 4.69) is 19.2 Å². The van der Waals surface area contributed by atoms with Crippen LogP contribution in [0, 0.1) is 0 Å². The summed E-state index contributed by atoms with van der Waals surface area (Å²) in [4.78, 5) is 30.2. The summed E-state index contributed by atoms with van der Waals surface area (Å²) in [5, 5.41) is 26.1. The van der Waals surface area contributed by atoms with Crippen LogP contribution in [0.3, 0.4) is 0 Å². The van der Waals surface area contributed by atoms with Gasteiger partial charge in [0.1, 0.15) is 6.04 Å². The molecule has 7 heteroatoms. The number of aliphatic hydroxyl groups is 1. The van der Waals surface area contributed by atoms with Crippen molar-refractivity contribution in [1.82, 2.24) is 10.2 Å². The van der Waals surface area contributed by atoms with Crippen LogP contribution < -0.4 is 10.2 Å². The molecule has 41 heavy (non-hydrogen) atoms. The standard InChI is InChI=1S/C34H43N3O4/c1-3-5-22-34(23-6-4-2)35-30(32(39)36(34)25-27-18-12-8-13-19-27)31(38)29(24-26-16-10-7-11-17-26)37(33(40)41)28-20-14-9-15-21-28/h7-21,29-31,35,38H,3-6,22-25H2,1-2H3,(H,40,41)/t29-,30-,31-/m0/s1. The van der Waals surface area contributed by atoms with Crippen molar-refractivity contribution in [3.05, 3.63) is 102 Å². The van der Waals surface area contributed by atoms with E-state index in [4.69, 9.17) is 0 Å². The van der Waals surface area contributed by atoms with Crippen molar-refractivity contribution in [2.75, 3.05) is 4.90 Å². The van der Waals surface area contributed by atoms with Crippen molar-refractivity contribution in [3.8, 4) is 0 Å². The Morgan fingerprint density at radius 3 is 1.90 bits per heavy atom. The zero-order valence-corrected chi connectivity index (χ0v) is 24.2. The van der Waals surface area contributed by atoms with Crippen LogP contribution in [0.15, 0.2) is 91.0 Å². The zero-order valence-electron chi connectivity index (χ0n) is 24.2. The van der Waals surface area contributed by atoms with Gasteiger partial charge in [0.15, 0.2) is 0 Å². The molecule has 218 valence electrons. The third-order valence-corrected chi connectivity index (χ3v) is 8.14. The van der Waals surface area contributed by atoms with Gasteiger partial charge in [0.25, 0.3) is 0 Å². The largest absolute Gasteiger partial charge is 0.465 e. The minimum Gasteiger partial charge on any atom is -0.465 e. The first kappa shape index (κ1) is 30.3. The lowest BCUT2D eigenvalue weighted by Gasteiger charge is -2.39. The van der Waals surface area contributed by atoms with Crippen LogP contribution in [0.5, 0.6) is 0 Å². The summed E-state index contributed by atoms with van der Waals surface area (Å²) < 4.78 is 0. The first-order valence-corrected chi connectivity index (χ1v) is 14.8. The van der Waals surface area contributed by atoms with Crippen LogP contribution in [-0.2, 0) is 17.8 Å². The molecule has 3 aromatic rings. The number of nitrogens with zero attached hydrogens (tertiary/aromatic N) is 2. The summed E-state index contributed by atoms with van der Waals surface area (Å²) in [5.41, 5.74) is 1.73. The Labute approximate surface area is 243 Å². The molecule has 0 aliphatic carbocycles. The van der Waals surface area contributed by atoms with Crippen molar-refractivity contribution in [1.29, 1.82) is 0 Å². The summed E-state index contributed by atoms with van der Waals surface area (Å²) >= 11 is 0. The van der Waals surface area contributed by atoms with Crippen molar-refractivity contribution >= 4 is 17.7 Å². The first-order valence-electron chi connectivity index (χ1n) is 14.8. The van der Waals surface area contributed by atoms with Gasteiger partial charge in [-0.05, 0) is 42.5 Å². The summed E-state index contributed by atoms with van der Waals surface area (Å²) in [6.45, 7) is 4.70. The fourth-order valence-corrected chi connectivity index (χ4v) is 5.99. The highest BCUT2D eigenvalue weighted by molar-refractivity contribution is 5.89. The number of nitrogens with one attached hydrogen (secondary N) is 1. The number of rotatable bonds is 14. The molecule has 0 saturated carbocycles. The lowest BCUT2D eigenvalue weighted by molar-refractivity contribution is -0.135. The van der Waals surface area contributed by atoms with Gasteiger partial charge >= 0.3 is 6.09 Å². The molecule has 0 unspecified atom stereocenters. The number of hydrogen-bond acceptors (Lipinski definition) is 4. The van der Waals surface area contributed by atoms with Gasteiger partial charge in [-0.2, -0.15) is 0 Å². The lowest BCUT2D eigenvalue weighted by Crippen LogP contribution is -2.58. The van der Waals surface area contributed by atoms with Gasteiger partial charge < -0.3 is 15.1 Å². The average molecular weight is 558 g/mol. The molecule has 0 bridgehead atoms. The molecule has 4 rings (SSSR count). The highest BCUT2D eigenvalue weighted by Gasteiger charge is 2.53. The maximum absolute atomic E-state index is 14.3. The topological polar surface area (TPSA) is 93.1 Å². The van der Waals surface area contributed by atoms with Gasteiger partial charge in [0, 0.05) is 12.2 Å². The summed E-state index contributed by atoms with van der Waals surface area (Å²) in [5.74, 6) is -0.190. The Balaban J connectivity index is 1.75. The highest BCUT2D eigenvalue weighted by Crippen LogP contribution is 2.36. The minimum atomic E-state index is -1.29. The molecule has 0 radical (unpaired) electrons. The number of hydrogen-bond donors (Lipinski definition) is 3. The van der Waals surface area contributed by atoms with Crippen LogP contribution in [0.4, 0.5) is 10.5 Å². The molecule has 0 aromatic heterocycles. The number of aliphatic hydroxyl groups excluding tert-OH is 1. The molecule has 3 aromatic carbocycles. The molecule has 2 amide bonds. The van der Waals surface area contributed by atoms with E-state index < -0.39 is 29.9 Å². The van der Waals surface area contributed by atoms with E-state index in [1.54, 1.807) is 24.3 Å². The Morgan fingerprint density at radius 2 is 1.39 bits per heavy atom. The highest BCUT2D eigenvalue weighted by atomic mass is 16.4. The second kappa shape index (κ2) is 14.3. The van der Waals surface area contributed by atoms with E-state index in [1.807, 2.05) is 71.6 Å². The Bertz CT molecular complexity index is 1230. The van der Waals surface area contributed by atoms with E-state index in [0.717, 1.165) is 49.7 Å². The van der Waals surface area contributed by atoms with Crippen molar-refractivity contribution in [3.63, 3.8) is 0 Å². The van der Waals surface area contributed by atoms with Crippen LogP contribution >= 0.6 is 0 Å². The lowest BCUT2D eigenvalue weighted by atomic mass is 9.93. The third kappa shape index (κ3) is 7.16. The average Bonchev–Trinajstić information content (AvgIpc) is 3.26. The van der Waals surface area contributed by atoms with E-state index in [9.17, 15) is 19.8 Å². The molecule has 1 aliphatic rings. The normalized spacial score (nSPS) is 17.8. The monoisotopic (exact) mass is 557 g/mol. The SMILES string of the molecule is CCCCC1(CCCC)N[C@@H]([C@@H](O)[C@H](Cc2ccccc2)N(C(=O)O)c2ccccc2)C(=O)N1Cc1ccccc1. The molecular formula is C34H43N3O4. The smallest absolute Gasteiger partial charge is 0.412 e. The van der Waals surface area contributed by atoms with Crippen molar-refractivity contribution < 1.29 is 19.8 Å². The number of carbonyl (C=O) groups excluding carboxylic acids is 1. The number of amides is 2. The Morgan fingerprint density at radius 1 is 0.878 bits per heavy atom. The first-order chi connectivity index (χ1) is 19.9. The molecule has 0 spiro atoms. The minimum absolute atomic E-state index is 0.190. The van der Waals surface area contributed by atoms with Gasteiger partial charge in [-0.25, -0.2) is 4.79 Å². The molecule has 1 aliphatic heterocycles. The van der Waals surface area contributed by atoms with Gasteiger partial charge in [-0.15, -0.1) is 0 Å². The fraction of sp³-hybridized carbons (Fsp3) is 0.412. The number of benzene rings is 3. The summed E-state index contributed by atoms with van der Waals surface area (Å²) in [6.07, 6.45) is 3.12. The van der Waals surface area contributed by atoms with Gasteiger partial charge in [0.2, 0.25) is 5.91 Å². The number of carbonyl (C=O) groups is 2. The van der Waals surface area contributed by atoms with Gasteiger partial charge in [-0.1, -0.05) is 118 Å². The molecule has 1 heterocycles. The molecule has 1 fully saturated rings. The molecule has 7 nitrogen and oxygen atoms in total. The van der Waals surface area contributed by atoms with Crippen LogP contribution in [0.25, 0.3) is 0 Å². The second-order valence-corrected chi connectivity index (χ2v) is 11.0. The van der Waals surface area contributed by atoms with E-state index in [1.165, 1.54) is 4.90 Å². The van der Waals surface area contributed by atoms with E-state index in [-0.39, 0.29) is 12.3 Å². The zero-order chi connectivity index (χ0) is 29.2. The van der Waals surface area contributed by atoms with Crippen molar-refractivity contribution in [2.24, 2.45) is 0 Å². The van der Waals surface area contributed by atoms with E-state index >= 15 is 0 Å². The quantitative estimate of drug-likeness (QED) is 0.219. The maximum atomic E-state index is 14.3.